The Morgan fingerprint density at radius 2 is 1.96 bits per heavy atom. The third-order valence-corrected chi connectivity index (χ3v) is 4.31. The van der Waals surface area contributed by atoms with Gasteiger partial charge in [0.1, 0.15) is 23.5 Å². The minimum Gasteiger partial charge on any atom is -0.465 e. The quantitative estimate of drug-likeness (QED) is 0.586. The van der Waals surface area contributed by atoms with E-state index in [-0.39, 0.29) is 40.6 Å². The number of fused-ring (bicyclic) bond motifs is 3. The van der Waals surface area contributed by atoms with E-state index in [4.69, 9.17) is 20.9 Å². The van der Waals surface area contributed by atoms with E-state index < -0.39 is 5.97 Å². The van der Waals surface area contributed by atoms with Gasteiger partial charge in [-0.25, -0.2) is 4.79 Å². The third-order valence-electron chi connectivity index (χ3n) is 4.31. The molecule has 1 aromatic carbocycles. The lowest BCUT2D eigenvalue weighted by Gasteiger charge is -2.34. The van der Waals surface area contributed by atoms with Crippen molar-refractivity contribution in [1.82, 2.24) is 0 Å². The molecule has 0 spiro atoms. The molecular weight excluding hydrogens is 320 g/mol. The number of rotatable bonds is 1. The van der Waals surface area contributed by atoms with E-state index in [9.17, 15) is 15.3 Å². The second-order valence-electron chi connectivity index (χ2n) is 5.53. The topological polar surface area (TPSA) is 135 Å². The molecule has 0 radical (unpaired) electrons. The van der Waals surface area contributed by atoms with E-state index in [1.807, 2.05) is 30.3 Å². The molecule has 1 atom stereocenters. The number of benzene rings is 1. The predicted octanol–water partition coefficient (Wildman–Crippen LogP) is 1.47. The molecule has 25 heavy (non-hydrogen) atoms. The van der Waals surface area contributed by atoms with Crippen LogP contribution in [0.1, 0.15) is 17.9 Å². The standard InChI is InChI=1S/C18H14N4O3/c1-24-18(23)15-11(9(7-19)8-20)6-12-10-4-2-3-5-13(10)25-17(22)14(12)16(15)21/h2-5,12H,6,21-22H2,1H3. The average Bonchev–Trinajstić information content (AvgIpc) is 2.62. The van der Waals surface area contributed by atoms with Crippen molar-refractivity contribution in [3.63, 3.8) is 0 Å². The van der Waals surface area contributed by atoms with Crippen molar-refractivity contribution < 1.29 is 14.3 Å². The normalized spacial score (nSPS) is 18.4. The molecule has 0 bridgehead atoms. The average molecular weight is 334 g/mol. The fourth-order valence-corrected chi connectivity index (χ4v) is 3.22. The molecular formula is C18H14N4O3. The summed E-state index contributed by atoms with van der Waals surface area (Å²) in [6.07, 6.45) is 0.220. The van der Waals surface area contributed by atoms with Gasteiger partial charge in [0.15, 0.2) is 5.88 Å². The van der Waals surface area contributed by atoms with Crippen LogP contribution < -0.4 is 16.2 Å². The fourth-order valence-electron chi connectivity index (χ4n) is 3.22. The number of hydrogen-bond acceptors (Lipinski definition) is 7. The lowest BCUT2D eigenvalue weighted by molar-refractivity contribution is -0.135. The van der Waals surface area contributed by atoms with Gasteiger partial charge in [0.2, 0.25) is 0 Å². The first kappa shape index (κ1) is 16.2. The molecule has 1 unspecified atom stereocenters. The number of carbonyl (C=O) groups excluding carboxylic acids is 1. The van der Waals surface area contributed by atoms with E-state index in [1.165, 1.54) is 7.11 Å². The van der Waals surface area contributed by atoms with E-state index >= 15 is 0 Å². The van der Waals surface area contributed by atoms with Gasteiger partial charge in [0.25, 0.3) is 0 Å². The number of esters is 1. The number of allylic oxidation sites excluding steroid dienone is 2. The van der Waals surface area contributed by atoms with E-state index in [0.29, 0.717) is 11.3 Å². The van der Waals surface area contributed by atoms with E-state index in [2.05, 4.69) is 0 Å². The number of para-hydroxylation sites is 1. The minimum absolute atomic E-state index is 0.0159. The summed E-state index contributed by atoms with van der Waals surface area (Å²) >= 11 is 0. The first-order valence-corrected chi connectivity index (χ1v) is 7.42. The lowest BCUT2D eigenvalue weighted by atomic mass is 9.74. The Balaban J connectivity index is 2.33. The molecule has 0 aromatic heterocycles. The number of hydrogen-bond donors (Lipinski definition) is 2. The minimum atomic E-state index is -0.729. The molecule has 1 aliphatic heterocycles. The Kier molecular flexibility index (Phi) is 3.92. The molecule has 0 saturated heterocycles. The largest absolute Gasteiger partial charge is 0.465 e. The van der Waals surface area contributed by atoms with Crippen LogP contribution in [0, 0.1) is 22.7 Å². The van der Waals surface area contributed by atoms with Gasteiger partial charge in [-0.1, -0.05) is 18.2 Å². The van der Waals surface area contributed by atoms with Crippen molar-refractivity contribution in [2.45, 2.75) is 12.3 Å². The van der Waals surface area contributed by atoms with Gasteiger partial charge < -0.3 is 20.9 Å². The Morgan fingerprint density at radius 1 is 1.28 bits per heavy atom. The molecule has 3 rings (SSSR count). The highest BCUT2D eigenvalue weighted by Gasteiger charge is 2.40. The molecule has 7 heteroatoms. The predicted molar refractivity (Wildman–Crippen MR) is 87.1 cm³/mol. The highest BCUT2D eigenvalue weighted by molar-refractivity contribution is 5.97. The van der Waals surface area contributed by atoms with Gasteiger partial charge in [-0.3, -0.25) is 0 Å². The van der Waals surface area contributed by atoms with Crippen LogP contribution in [-0.4, -0.2) is 13.1 Å². The Bertz CT molecular complexity index is 941. The molecule has 4 N–H and O–H groups in total. The number of methoxy groups -OCH3 is 1. The first-order valence-electron chi connectivity index (χ1n) is 7.42. The lowest BCUT2D eigenvalue weighted by Crippen LogP contribution is -2.31. The monoisotopic (exact) mass is 334 g/mol. The maximum Gasteiger partial charge on any atom is 0.340 e. The molecule has 1 aliphatic carbocycles. The zero-order valence-corrected chi connectivity index (χ0v) is 13.4. The highest BCUT2D eigenvalue weighted by Crippen LogP contribution is 2.48. The Labute approximate surface area is 144 Å². The summed E-state index contributed by atoms with van der Waals surface area (Å²) in [5.74, 6) is -0.367. The van der Waals surface area contributed by atoms with Crippen LogP contribution in [0.15, 0.2) is 58.1 Å². The van der Waals surface area contributed by atoms with E-state index in [1.54, 1.807) is 6.07 Å². The smallest absolute Gasteiger partial charge is 0.340 e. The van der Waals surface area contributed by atoms with Crippen molar-refractivity contribution in [2.75, 3.05) is 7.11 Å². The molecule has 1 heterocycles. The van der Waals surface area contributed by atoms with Gasteiger partial charge in [0, 0.05) is 17.1 Å². The molecule has 1 aromatic rings. The van der Waals surface area contributed by atoms with Crippen LogP contribution in [0.2, 0.25) is 0 Å². The summed E-state index contributed by atoms with van der Waals surface area (Å²) in [6.45, 7) is 0. The summed E-state index contributed by atoms with van der Waals surface area (Å²) in [7, 11) is 1.20. The highest BCUT2D eigenvalue weighted by atomic mass is 16.5. The third kappa shape index (κ3) is 2.39. The Hall–Kier alpha value is -3.71. The second kappa shape index (κ2) is 6.06. The van der Waals surface area contributed by atoms with Crippen LogP contribution in [0.3, 0.4) is 0 Å². The van der Waals surface area contributed by atoms with Crippen LogP contribution in [0.5, 0.6) is 5.75 Å². The summed E-state index contributed by atoms with van der Waals surface area (Å²) in [5, 5.41) is 18.5. The van der Waals surface area contributed by atoms with Gasteiger partial charge >= 0.3 is 5.97 Å². The van der Waals surface area contributed by atoms with Crippen LogP contribution >= 0.6 is 0 Å². The van der Waals surface area contributed by atoms with Gasteiger partial charge in [-0.05, 0) is 18.1 Å². The van der Waals surface area contributed by atoms with Gasteiger partial charge in [0.05, 0.1) is 18.4 Å². The summed E-state index contributed by atoms with van der Waals surface area (Å²) in [5.41, 5.74) is 13.7. The van der Waals surface area contributed by atoms with Gasteiger partial charge in [-0.15, -0.1) is 0 Å². The molecule has 0 saturated carbocycles. The van der Waals surface area contributed by atoms with Crippen molar-refractivity contribution in [3.8, 4) is 17.9 Å². The summed E-state index contributed by atoms with van der Waals surface area (Å²) < 4.78 is 10.4. The van der Waals surface area contributed by atoms with Gasteiger partial charge in [-0.2, -0.15) is 10.5 Å². The summed E-state index contributed by atoms with van der Waals surface area (Å²) in [4.78, 5) is 12.2. The number of nitrogens with zero attached hydrogens (tertiary/aromatic N) is 2. The number of ether oxygens (including phenoxy) is 2. The molecule has 7 nitrogen and oxygen atoms in total. The maximum atomic E-state index is 12.2. The summed E-state index contributed by atoms with van der Waals surface area (Å²) in [6, 6.07) is 10.9. The van der Waals surface area contributed by atoms with Crippen molar-refractivity contribution in [2.24, 2.45) is 11.5 Å². The zero-order valence-electron chi connectivity index (χ0n) is 13.4. The molecule has 124 valence electrons. The number of carbonyl (C=O) groups is 1. The van der Waals surface area contributed by atoms with Crippen LogP contribution in [-0.2, 0) is 9.53 Å². The maximum absolute atomic E-state index is 12.2. The second-order valence-corrected chi connectivity index (χ2v) is 5.53. The molecule has 2 aliphatic rings. The Morgan fingerprint density at radius 3 is 2.60 bits per heavy atom. The van der Waals surface area contributed by atoms with Crippen molar-refractivity contribution >= 4 is 5.97 Å². The fraction of sp³-hybridized carbons (Fsp3) is 0.167. The van der Waals surface area contributed by atoms with Crippen molar-refractivity contribution in [3.05, 3.63) is 63.7 Å². The molecule has 0 fully saturated rings. The van der Waals surface area contributed by atoms with Crippen LogP contribution in [0.4, 0.5) is 0 Å². The van der Waals surface area contributed by atoms with Crippen LogP contribution in [0.25, 0.3) is 0 Å². The van der Waals surface area contributed by atoms with E-state index in [0.717, 1.165) is 5.56 Å². The van der Waals surface area contributed by atoms with Crippen molar-refractivity contribution in [1.29, 1.82) is 10.5 Å². The SMILES string of the molecule is COC(=O)C1=C(N)C2=C(N)Oc3ccccc3C2CC1=C(C#N)C#N. The first-order chi connectivity index (χ1) is 12.0. The zero-order chi connectivity index (χ0) is 18.1. The molecule has 0 amide bonds. The number of nitrogens with two attached hydrogens (primary N) is 2. The number of nitriles is 2.